The first-order valence-electron chi connectivity index (χ1n) is 18.3. The van der Waals surface area contributed by atoms with Gasteiger partial charge in [-0.15, -0.1) is 0 Å². The quantitative estimate of drug-likeness (QED) is 0.324. The van der Waals surface area contributed by atoms with Crippen molar-refractivity contribution in [2.75, 3.05) is 20.2 Å². The largest absolute Gasteiger partial charge is 0.494 e. The number of pyridine rings is 1. The third-order valence-corrected chi connectivity index (χ3v) is 11.4. The number of hydrogen-bond acceptors (Lipinski definition) is 10. The van der Waals surface area contributed by atoms with Crippen LogP contribution in [0.4, 0.5) is 4.79 Å². The minimum Gasteiger partial charge on any atom is -0.494 e. The number of sulfonamides is 1. The van der Waals surface area contributed by atoms with Crippen LogP contribution in [0, 0.1) is 11.8 Å². The Morgan fingerprint density at radius 2 is 1.74 bits per heavy atom. The molecular weight excluding hydrogens is 703 g/mol. The first-order chi connectivity index (χ1) is 25.0. The van der Waals surface area contributed by atoms with Crippen LogP contribution in [0.3, 0.4) is 0 Å². The zero-order valence-corrected chi connectivity index (χ0v) is 32.7. The molecule has 1 saturated heterocycles. The van der Waals surface area contributed by atoms with Crippen LogP contribution < -0.4 is 24.8 Å². The molecule has 2 aliphatic heterocycles. The predicted molar refractivity (Wildman–Crippen MR) is 207 cm³/mol. The van der Waals surface area contributed by atoms with E-state index in [0.717, 1.165) is 36.5 Å². The summed E-state index contributed by atoms with van der Waals surface area (Å²) in [7, 11) is -1.73. The van der Waals surface area contributed by atoms with Crippen molar-refractivity contribution in [1.29, 1.82) is 0 Å². The number of rotatable bonds is 6. The number of amides is 4. The van der Waals surface area contributed by atoms with E-state index in [4.69, 9.17) is 14.2 Å². The number of nitrogens with zero attached hydrogens (tertiary/aromatic N) is 2. The fraction of sp³-hybridized carbons (Fsp3) is 0.605. The maximum atomic E-state index is 14.2. The number of fused-ring (bicyclic) bond motifs is 2. The van der Waals surface area contributed by atoms with E-state index in [1.165, 1.54) is 6.92 Å². The smallest absolute Gasteiger partial charge is 0.408 e. The van der Waals surface area contributed by atoms with Crippen molar-refractivity contribution in [2.45, 2.75) is 116 Å². The van der Waals surface area contributed by atoms with E-state index in [2.05, 4.69) is 28.6 Å². The van der Waals surface area contributed by atoms with Crippen molar-refractivity contribution in [3.8, 4) is 11.6 Å². The molecule has 5 rings (SSSR count). The number of aromatic nitrogens is 1. The minimum absolute atomic E-state index is 0. The van der Waals surface area contributed by atoms with E-state index in [1.807, 2.05) is 42.0 Å². The summed E-state index contributed by atoms with van der Waals surface area (Å²) in [6.45, 7) is 11.2. The summed E-state index contributed by atoms with van der Waals surface area (Å²) in [5, 5.41) is 7.09. The van der Waals surface area contributed by atoms with E-state index in [9.17, 15) is 27.6 Å². The van der Waals surface area contributed by atoms with Gasteiger partial charge in [0.05, 0.1) is 25.1 Å². The maximum Gasteiger partial charge on any atom is 0.408 e. The molecule has 1 aliphatic carbocycles. The van der Waals surface area contributed by atoms with Crippen molar-refractivity contribution >= 4 is 44.6 Å². The van der Waals surface area contributed by atoms with Crippen molar-refractivity contribution in [3.63, 3.8) is 0 Å². The molecular formula is C38H61N5O9S. The van der Waals surface area contributed by atoms with Gasteiger partial charge in [-0.2, -0.15) is 0 Å². The van der Waals surface area contributed by atoms with Crippen molar-refractivity contribution < 1.29 is 46.1 Å². The molecule has 1 saturated carbocycles. The summed E-state index contributed by atoms with van der Waals surface area (Å²) in [6, 6.07) is 6.01. The van der Waals surface area contributed by atoms with Crippen LogP contribution in [-0.2, 0) is 29.1 Å². The lowest BCUT2D eigenvalue weighted by atomic mass is 9.88. The number of nitrogens with one attached hydrogen (secondary N) is 3. The van der Waals surface area contributed by atoms with E-state index in [0.29, 0.717) is 36.9 Å². The summed E-state index contributed by atoms with van der Waals surface area (Å²) in [6.07, 6.45) is 9.63. The average molecular weight is 764 g/mol. The lowest BCUT2D eigenvalue weighted by Gasteiger charge is -2.33. The first kappa shape index (κ1) is 41.4. The van der Waals surface area contributed by atoms with E-state index in [-0.39, 0.29) is 40.2 Å². The molecule has 1 unspecified atom stereocenters. The van der Waals surface area contributed by atoms with Gasteiger partial charge in [-0.3, -0.25) is 19.1 Å². The number of carbonyl (C=O) groups is 4. The summed E-state index contributed by atoms with van der Waals surface area (Å²) in [5.41, 5.74) is -0.722. The Bertz CT molecular complexity index is 1770. The molecule has 1 aromatic carbocycles. The number of carbonyl (C=O) groups excluding carboxylic acids is 4. The molecule has 3 heterocycles. The Morgan fingerprint density at radius 1 is 1.04 bits per heavy atom. The molecule has 2 aromatic rings. The van der Waals surface area contributed by atoms with Crippen LogP contribution in [0.25, 0.3) is 10.8 Å². The third kappa shape index (κ3) is 11.5. The average Bonchev–Trinajstić information content (AvgIpc) is 3.46. The highest BCUT2D eigenvalue weighted by molar-refractivity contribution is 7.90. The SMILES string of the molecule is CC(=O)NS(=O)(=O)C1CCC1.COc1cnc(O[C@@H]2C[C@H]3C(=O)NC/C=C\CC[C@H](C)C[C@@H](C)C(NC(=O)OC(C)(C)C)C(=O)N3C2)c2ccccc12.[HH].[HH].[HH]. The van der Waals surface area contributed by atoms with Gasteiger partial charge in [0, 0.05) is 34.9 Å². The number of methoxy groups -OCH3 is 1. The summed E-state index contributed by atoms with van der Waals surface area (Å²) < 4.78 is 41.5. The lowest BCUT2D eigenvalue weighted by Crippen LogP contribution is -2.56. The molecule has 4 amide bonds. The van der Waals surface area contributed by atoms with Gasteiger partial charge in [0.2, 0.25) is 33.6 Å². The highest BCUT2D eigenvalue weighted by atomic mass is 32.2. The second kappa shape index (κ2) is 18.1. The van der Waals surface area contributed by atoms with Crippen LogP contribution >= 0.6 is 0 Å². The van der Waals surface area contributed by atoms with E-state index < -0.39 is 45.8 Å². The molecule has 53 heavy (non-hydrogen) atoms. The van der Waals surface area contributed by atoms with Crippen LogP contribution in [0.15, 0.2) is 42.6 Å². The first-order valence-corrected chi connectivity index (χ1v) is 19.9. The number of hydrogen-bond donors (Lipinski definition) is 3. The normalized spacial score (nSPS) is 25.0. The Balaban J connectivity index is 0.000000968. The molecule has 14 nitrogen and oxygen atoms in total. The summed E-state index contributed by atoms with van der Waals surface area (Å²) in [4.78, 5) is 57.0. The zero-order valence-electron chi connectivity index (χ0n) is 31.8. The number of benzene rings is 1. The maximum absolute atomic E-state index is 14.2. The molecule has 15 heteroatoms. The predicted octanol–water partition coefficient (Wildman–Crippen LogP) is 5.36. The van der Waals surface area contributed by atoms with Gasteiger partial charge < -0.3 is 29.7 Å². The molecule has 0 spiro atoms. The fourth-order valence-corrected chi connectivity index (χ4v) is 8.22. The lowest BCUT2D eigenvalue weighted by molar-refractivity contribution is -0.141. The van der Waals surface area contributed by atoms with Gasteiger partial charge in [0.15, 0.2) is 0 Å². The Morgan fingerprint density at radius 3 is 2.36 bits per heavy atom. The highest BCUT2D eigenvalue weighted by Crippen LogP contribution is 2.33. The fourth-order valence-electron chi connectivity index (χ4n) is 6.70. The second-order valence-corrected chi connectivity index (χ2v) is 17.1. The number of ether oxygens (including phenoxy) is 3. The van der Waals surface area contributed by atoms with Gasteiger partial charge >= 0.3 is 6.09 Å². The summed E-state index contributed by atoms with van der Waals surface area (Å²) in [5.74, 6) is 0.0812. The Labute approximate surface area is 317 Å². The van der Waals surface area contributed by atoms with E-state index >= 15 is 0 Å². The topological polar surface area (TPSA) is 182 Å². The number of allylic oxidation sites excluding steroid dienone is 1. The molecule has 0 radical (unpaired) electrons. The van der Waals surface area contributed by atoms with Gasteiger partial charge in [-0.1, -0.05) is 50.6 Å². The molecule has 3 N–H and O–H groups in total. The van der Waals surface area contributed by atoms with Gasteiger partial charge in [-0.25, -0.2) is 18.2 Å². The standard InChI is InChI=1S/C32H44N4O6.C6H11NO3S.3H2/c1-20-12-8-7-11-15-33-28(37)25-17-22(41-29-24-14-10-9-13-23(24)26(40-6)18-34-29)19-36(25)30(38)27(21(2)16-20)35-31(39)42-32(3,4)5;1-5(8)7-11(9,10)6-3-2-4-6;;;/h7,9-11,13-14,18,20-22,25,27H,8,12,15-17,19H2,1-6H3,(H,33,37)(H,35,39);6H,2-4H2,1H3,(H,7,8);3*1H/b11-7-;;;;/t20-,21+,22+,25-,27?;;;;/m0..../s1. The molecule has 298 valence electrons. The van der Waals surface area contributed by atoms with Crippen molar-refractivity contribution in [2.24, 2.45) is 11.8 Å². The molecule has 0 bridgehead atoms. The molecule has 5 atom stereocenters. The second-order valence-electron chi connectivity index (χ2n) is 15.2. The molecule has 2 fully saturated rings. The van der Waals surface area contributed by atoms with E-state index in [1.54, 1.807) is 39.0 Å². The van der Waals surface area contributed by atoms with Crippen LogP contribution in [0.5, 0.6) is 11.6 Å². The third-order valence-electron chi connectivity index (χ3n) is 9.51. The Hall–Kier alpha value is -4.40. The van der Waals surface area contributed by atoms with Gasteiger partial charge in [0.25, 0.3) is 0 Å². The van der Waals surface area contributed by atoms with Crippen molar-refractivity contribution in [3.05, 3.63) is 42.6 Å². The number of alkyl carbamates (subject to hydrolysis) is 1. The highest BCUT2D eigenvalue weighted by Gasteiger charge is 2.45. The van der Waals surface area contributed by atoms with Gasteiger partial charge in [-0.05, 0) is 70.8 Å². The van der Waals surface area contributed by atoms with Crippen LogP contribution in [0.2, 0.25) is 0 Å². The Kier molecular flexibility index (Phi) is 14.1. The van der Waals surface area contributed by atoms with Crippen LogP contribution in [-0.4, -0.2) is 91.4 Å². The zero-order chi connectivity index (χ0) is 38.9. The monoisotopic (exact) mass is 763 g/mol. The minimum atomic E-state index is -3.32. The van der Waals surface area contributed by atoms with Gasteiger partial charge in [0.1, 0.15) is 29.5 Å². The van der Waals surface area contributed by atoms with Crippen LogP contribution in [0.1, 0.15) is 90.8 Å². The van der Waals surface area contributed by atoms with Crippen molar-refractivity contribution in [1.82, 2.24) is 25.2 Å². The summed E-state index contributed by atoms with van der Waals surface area (Å²) >= 11 is 0. The molecule has 3 aliphatic rings. The molecule has 1 aromatic heterocycles.